The zero-order valence-electron chi connectivity index (χ0n) is 10.4. The standard InChI is InChI=1S/C13H22N4/c14-13-5-8-17(15-13)7-2-6-16-9-11-3-1-4-12(11)10-16/h5,8,11-12H,1-4,6-7,9-10H2,(H2,14,15). The number of nitrogens with zero attached hydrogens (tertiary/aromatic N) is 3. The number of nitrogen functional groups attached to an aromatic ring is 1. The fourth-order valence-electron chi connectivity index (χ4n) is 3.47. The molecule has 2 unspecified atom stereocenters. The van der Waals surface area contributed by atoms with Crippen molar-refractivity contribution >= 4 is 5.82 Å². The number of hydrogen-bond donors (Lipinski definition) is 1. The maximum absolute atomic E-state index is 5.59. The van der Waals surface area contributed by atoms with Gasteiger partial charge in [-0.1, -0.05) is 6.42 Å². The first-order chi connectivity index (χ1) is 8.31. The van der Waals surface area contributed by atoms with Gasteiger partial charge in [0.15, 0.2) is 0 Å². The van der Waals surface area contributed by atoms with Crippen LogP contribution in [0.3, 0.4) is 0 Å². The van der Waals surface area contributed by atoms with E-state index >= 15 is 0 Å². The largest absolute Gasteiger partial charge is 0.382 e. The van der Waals surface area contributed by atoms with Crippen molar-refractivity contribution in [3.8, 4) is 0 Å². The lowest BCUT2D eigenvalue weighted by Gasteiger charge is -2.16. The molecule has 0 amide bonds. The fourth-order valence-corrected chi connectivity index (χ4v) is 3.47. The van der Waals surface area contributed by atoms with E-state index in [-0.39, 0.29) is 0 Å². The zero-order chi connectivity index (χ0) is 11.7. The minimum atomic E-state index is 0.626. The summed E-state index contributed by atoms with van der Waals surface area (Å²) in [6.07, 6.45) is 7.55. The molecule has 2 atom stereocenters. The molecule has 0 bridgehead atoms. The molecule has 2 N–H and O–H groups in total. The number of likely N-dealkylation sites (tertiary alicyclic amines) is 1. The Bertz CT molecular complexity index is 361. The van der Waals surface area contributed by atoms with Gasteiger partial charge in [0, 0.05) is 25.8 Å². The first kappa shape index (κ1) is 11.1. The van der Waals surface area contributed by atoms with Crippen LogP contribution in [0.15, 0.2) is 12.3 Å². The Morgan fingerprint density at radius 3 is 2.65 bits per heavy atom. The predicted molar refractivity (Wildman–Crippen MR) is 68.5 cm³/mol. The van der Waals surface area contributed by atoms with Crippen molar-refractivity contribution in [3.05, 3.63) is 12.3 Å². The topological polar surface area (TPSA) is 47.1 Å². The Morgan fingerprint density at radius 2 is 2.00 bits per heavy atom. The van der Waals surface area contributed by atoms with E-state index in [0.29, 0.717) is 5.82 Å². The van der Waals surface area contributed by atoms with Crippen LogP contribution in [0.1, 0.15) is 25.7 Å². The smallest absolute Gasteiger partial charge is 0.145 e. The summed E-state index contributed by atoms with van der Waals surface area (Å²) < 4.78 is 1.95. The number of aromatic nitrogens is 2. The van der Waals surface area contributed by atoms with Gasteiger partial charge in [-0.3, -0.25) is 4.68 Å². The molecule has 1 saturated heterocycles. The lowest BCUT2D eigenvalue weighted by Crippen LogP contribution is -2.24. The zero-order valence-corrected chi connectivity index (χ0v) is 10.4. The SMILES string of the molecule is Nc1ccn(CCCN2CC3CCCC3C2)n1. The molecule has 3 rings (SSSR count). The van der Waals surface area contributed by atoms with Crippen LogP contribution in [0, 0.1) is 11.8 Å². The molecule has 4 heteroatoms. The molecule has 0 aromatic carbocycles. The molecule has 1 aromatic heterocycles. The van der Waals surface area contributed by atoms with E-state index in [1.807, 2.05) is 16.9 Å². The van der Waals surface area contributed by atoms with E-state index < -0.39 is 0 Å². The molecule has 94 valence electrons. The van der Waals surface area contributed by atoms with Gasteiger partial charge in [0.2, 0.25) is 0 Å². The average Bonchev–Trinajstić information content (AvgIpc) is 2.94. The Balaban J connectivity index is 1.40. The molecule has 2 heterocycles. The second kappa shape index (κ2) is 4.69. The molecular weight excluding hydrogens is 212 g/mol. The van der Waals surface area contributed by atoms with Gasteiger partial charge in [0.1, 0.15) is 5.82 Å². The van der Waals surface area contributed by atoms with Crippen LogP contribution in [0.5, 0.6) is 0 Å². The molecule has 2 aliphatic rings. The Hall–Kier alpha value is -1.03. The second-order valence-corrected chi connectivity index (χ2v) is 5.57. The van der Waals surface area contributed by atoms with Gasteiger partial charge < -0.3 is 10.6 Å². The van der Waals surface area contributed by atoms with Crippen molar-refractivity contribution in [3.63, 3.8) is 0 Å². The number of fused-ring (bicyclic) bond motifs is 1. The minimum absolute atomic E-state index is 0.626. The average molecular weight is 234 g/mol. The monoisotopic (exact) mass is 234 g/mol. The van der Waals surface area contributed by atoms with Crippen LogP contribution in [-0.4, -0.2) is 34.3 Å². The summed E-state index contributed by atoms with van der Waals surface area (Å²) in [7, 11) is 0. The molecule has 17 heavy (non-hydrogen) atoms. The van der Waals surface area contributed by atoms with Crippen molar-refractivity contribution in [2.75, 3.05) is 25.4 Å². The highest BCUT2D eigenvalue weighted by molar-refractivity contribution is 5.23. The number of hydrogen-bond acceptors (Lipinski definition) is 3. The molecule has 0 radical (unpaired) electrons. The summed E-state index contributed by atoms with van der Waals surface area (Å²) in [6, 6.07) is 1.86. The first-order valence-electron chi connectivity index (χ1n) is 6.82. The van der Waals surface area contributed by atoms with E-state index in [0.717, 1.165) is 18.4 Å². The highest BCUT2D eigenvalue weighted by Gasteiger charge is 2.35. The van der Waals surface area contributed by atoms with Crippen molar-refractivity contribution in [1.82, 2.24) is 14.7 Å². The lowest BCUT2D eigenvalue weighted by molar-refractivity contribution is 0.298. The second-order valence-electron chi connectivity index (χ2n) is 5.57. The molecular formula is C13H22N4. The maximum Gasteiger partial charge on any atom is 0.145 e. The van der Waals surface area contributed by atoms with Crippen LogP contribution in [0.2, 0.25) is 0 Å². The van der Waals surface area contributed by atoms with Gasteiger partial charge >= 0.3 is 0 Å². The summed E-state index contributed by atoms with van der Waals surface area (Å²) in [5.74, 6) is 2.64. The third-order valence-corrected chi connectivity index (χ3v) is 4.32. The van der Waals surface area contributed by atoms with Gasteiger partial charge in [-0.25, -0.2) is 0 Å². The minimum Gasteiger partial charge on any atom is -0.382 e. The third kappa shape index (κ3) is 2.46. The van der Waals surface area contributed by atoms with Gasteiger partial charge in [-0.15, -0.1) is 0 Å². The normalized spacial score (nSPS) is 28.7. The molecule has 1 aliphatic carbocycles. The van der Waals surface area contributed by atoms with Gasteiger partial charge in [-0.05, 0) is 43.7 Å². The van der Waals surface area contributed by atoms with Crippen LogP contribution in [0.25, 0.3) is 0 Å². The van der Waals surface area contributed by atoms with Crippen LogP contribution < -0.4 is 5.73 Å². The summed E-state index contributed by atoms with van der Waals surface area (Å²) in [5, 5.41) is 4.21. The summed E-state index contributed by atoms with van der Waals surface area (Å²) >= 11 is 0. The number of rotatable bonds is 4. The number of nitrogens with two attached hydrogens (primary N) is 1. The van der Waals surface area contributed by atoms with E-state index in [2.05, 4.69) is 10.00 Å². The molecule has 1 aromatic rings. The van der Waals surface area contributed by atoms with Crippen LogP contribution >= 0.6 is 0 Å². The van der Waals surface area contributed by atoms with Gasteiger partial charge in [-0.2, -0.15) is 5.10 Å². The fraction of sp³-hybridized carbons (Fsp3) is 0.769. The van der Waals surface area contributed by atoms with Gasteiger partial charge in [0.05, 0.1) is 0 Å². The van der Waals surface area contributed by atoms with Crippen molar-refractivity contribution in [2.24, 2.45) is 11.8 Å². The van der Waals surface area contributed by atoms with Crippen LogP contribution in [0.4, 0.5) is 5.82 Å². The lowest BCUT2D eigenvalue weighted by atomic mass is 10.0. The molecule has 2 fully saturated rings. The van der Waals surface area contributed by atoms with Crippen molar-refractivity contribution < 1.29 is 0 Å². The highest BCUT2D eigenvalue weighted by Crippen LogP contribution is 2.37. The quantitative estimate of drug-likeness (QED) is 0.860. The van der Waals surface area contributed by atoms with Crippen LogP contribution in [-0.2, 0) is 6.54 Å². The predicted octanol–water partition coefficient (Wildman–Crippen LogP) is 1.59. The summed E-state index contributed by atoms with van der Waals surface area (Å²) in [4.78, 5) is 2.64. The highest BCUT2D eigenvalue weighted by atomic mass is 15.3. The van der Waals surface area contributed by atoms with Crippen molar-refractivity contribution in [1.29, 1.82) is 0 Å². The molecule has 0 spiro atoms. The molecule has 4 nitrogen and oxygen atoms in total. The summed E-state index contributed by atoms with van der Waals surface area (Å²) in [5.41, 5.74) is 5.59. The van der Waals surface area contributed by atoms with E-state index in [1.54, 1.807) is 0 Å². The Morgan fingerprint density at radius 1 is 1.24 bits per heavy atom. The number of anilines is 1. The van der Waals surface area contributed by atoms with E-state index in [4.69, 9.17) is 5.73 Å². The van der Waals surface area contributed by atoms with Gasteiger partial charge in [0.25, 0.3) is 0 Å². The third-order valence-electron chi connectivity index (χ3n) is 4.32. The maximum atomic E-state index is 5.59. The van der Waals surface area contributed by atoms with E-state index in [1.165, 1.54) is 45.3 Å². The molecule has 1 saturated carbocycles. The Kier molecular flexibility index (Phi) is 3.05. The summed E-state index contributed by atoms with van der Waals surface area (Å²) in [6.45, 7) is 4.88. The first-order valence-corrected chi connectivity index (χ1v) is 6.82. The molecule has 1 aliphatic heterocycles. The number of aryl methyl sites for hydroxylation is 1. The van der Waals surface area contributed by atoms with Crippen molar-refractivity contribution in [2.45, 2.75) is 32.2 Å². The Labute approximate surface area is 103 Å². The van der Waals surface area contributed by atoms with E-state index in [9.17, 15) is 0 Å².